The van der Waals surface area contributed by atoms with E-state index in [4.69, 9.17) is 15.6 Å². The highest BCUT2D eigenvalue weighted by atomic mass is 35.5. The van der Waals surface area contributed by atoms with E-state index in [0.29, 0.717) is 6.42 Å². The Balaban J connectivity index is 0.000000810. The maximum absolute atomic E-state index is 6.89. The summed E-state index contributed by atoms with van der Waals surface area (Å²) >= 11 is 0. The van der Waals surface area contributed by atoms with E-state index in [2.05, 4.69) is 0 Å². The Hall–Kier alpha value is -0.960. The van der Waals surface area contributed by atoms with Gasteiger partial charge in [-0.25, -0.2) is 0 Å². The Morgan fingerprint density at radius 3 is 2.80 bits per heavy atom. The summed E-state index contributed by atoms with van der Waals surface area (Å²) in [6, 6.07) is 3.57. The number of hydrogen-bond donors (Lipinski definition) is 2. The highest BCUT2D eigenvalue weighted by molar-refractivity contribution is 5.85. The minimum absolute atomic E-state index is 0. The zero-order chi connectivity index (χ0) is 6.69. The molecule has 0 aromatic carbocycles. The number of furan rings is 1. The third kappa shape index (κ3) is 2.55. The number of halogens is 1. The van der Waals surface area contributed by atoms with Crippen molar-refractivity contribution < 1.29 is 4.42 Å². The number of amidine groups is 1. The van der Waals surface area contributed by atoms with E-state index in [0.717, 1.165) is 5.76 Å². The van der Waals surface area contributed by atoms with E-state index < -0.39 is 0 Å². The summed E-state index contributed by atoms with van der Waals surface area (Å²) in [6.45, 7) is 0. The first-order valence-electron chi connectivity index (χ1n) is 2.64. The van der Waals surface area contributed by atoms with Crippen molar-refractivity contribution >= 4 is 18.2 Å². The molecule has 56 valence electrons. The molecule has 0 aliphatic carbocycles. The van der Waals surface area contributed by atoms with E-state index in [9.17, 15) is 0 Å². The van der Waals surface area contributed by atoms with Gasteiger partial charge in [-0.05, 0) is 12.1 Å². The molecule has 3 nitrogen and oxygen atoms in total. The second-order valence-corrected chi connectivity index (χ2v) is 1.78. The van der Waals surface area contributed by atoms with Crippen LogP contribution in [0.5, 0.6) is 0 Å². The maximum Gasteiger partial charge on any atom is 0.111 e. The topological polar surface area (TPSA) is 63.0 Å². The number of nitrogens with one attached hydrogen (secondary N) is 1. The van der Waals surface area contributed by atoms with Crippen LogP contribution in [0.25, 0.3) is 0 Å². The van der Waals surface area contributed by atoms with E-state index in [1.807, 2.05) is 0 Å². The smallest absolute Gasteiger partial charge is 0.111 e. The van der Waals surface area contributed by atoms with E-state index >= 15 is 0 Å². The molecule has 0 fully saturated rings. The molecule has 0 aliphatic rings. The third-order valence-corrected chi connectivity index (χ3v) is 0.945. The molecule has 0 spiro atoms. The molecule has 0 saturated carbocycles. The number of hydrogen-bond acceptors (Lipinski definition) is 2. The Labute approximate surface area is 65.1 Å². The lowest BCUT2D eigenvalue weighted by atomic mass is 10.3. The van der Waals surface area contributed by atoms with Crippen LogP contribution in [-0.4, -0.2) is 5.84 Å². The molecule has 0 atom stereocenters. The van der Waals surface area contributed by atoms with E-state index in [1.54, 1.807) is 18.4 Å². The Bertz CT molecular complexity index is 196. The maximum atomic E-state index is 6.89. The van der Waals surface area contributed by atoms with Crippen molar-refractivity contribution in [2.24, 2.45) is 5.73 Å². The van der Waals surface area contributed by atoms with Gasteiger partial charge in [0.15, 0.2) is 0 Å². The van der Waals surface area contributed by atoms with Gasteiger partial charge in [-0.15, -0.1) is 12.4 Å². The predicted octanol–water partition coefficient (Wildman–Crippen LogP) is 1.18. The molecule has 10 heavy (non-hydrogen) atoms. The summed E-state index contributed by atoms with van der Waals surface area (Å²) in [5.74, 6) is 0.868. The monoisotopic (exact) mass is 160 g/mol. The van der Waals surface area contributed by atoms with Crippen LogP contribution in [0.2, 0.25) is 0 Å². The molecule has 0 bridgehead atoms. The second kappa shape index (κ2) is 3.95. The largest absolute Gasteiger partial charge is 0.469 e. The van der Waals surface area contributed by atoms with Crippen LogP contribution in [0, 0.1) is 5.41 Å². The molecule has 1 aromatic rings. The number of nitrogens with two attached hydrogens (primary N) is 1. The summed E-state index contributed by atoms with van der Waals surface area (Å²) in [5, 5.41) is 6.89. The molecular weight excluding hydrogens is 152 g/mol. The van der Waals surface area contributed by atoms with Crippen molar-refractivity contribution in [2.45, 2.75) is 6.42 Å². The first-order chi connectivity index (χ1) is 4.29. The molecule has 0 saturated heterocycles. The zero-order valence-electron chi connectivity index (χ0n) is 5.33. The molecule has 3 N–H and O–H groups in total. The molecule has 1 rings (SSSR count). The van der Waals surface area contributed by atoms with Crippen molar-refractivity contribution in [2.75, 3.05) is 0 Å². The third-order valence-electron chi connectivity index (χ3n) is 0.945. The summed E-state index contributed by atoms with van der Waals surface area (Å²) < 4.78 is 4.92. The first kappa shape index (κ1) is 9.04. The lowest BCUT2D eigenvalue weighted by molar-refractivity contribution is 0.526. The molecule has 0 aliphatic heterocycles. The molecule has 0 amide bonds. The normalized spacial score (nSPS) is 8.40. The van der Waals surface area contributed by atoms with Crippen LogP contribution in [0.3, 0.4) is 0 Å². The molecule has 4 heteroatoms. The highest BCUT2D eigenvalue weighted by Gasteiger charge is 1.94. The van der Waals surface area contributed by atoms with Gasteiger partial charge < -0.3 is 10.2 Å². The average Bonchev–Trinajstić information content (AvgIpc) is 2.15. The zero-order valence-corrected chi connectivity index (χ0v) is 6.15. The lowest BCUT2D eigenvalue weighted by Crippen LogP contribution is -2.11. The summed E-state index contributed by atoms with van der Waals surface area (Å²) in [4.78, 5) is 0. The van der Waals surface area contributed by atoms with Crippen LogP contribution in [0.1, 0.15) is 5.76 Å². The van der Waals surface area contributed by atoms with Gasteiger partial charge in [0, 0.05) is 0 Å². The summed E-state index contributed by atoms with van der Waals surface area (Å²) in [7, 11) is 0. The van der Waals surface area contributed by atoms with Gasteiger partial charge in [0.1, 0.15) is 5.76 Å². The van der Waals surface area contributed by atoms with Gasteiger partial charge in [0.2, 0.25) is 0 Å². The minimum Gasteiger partial charge on any atom is -0.469 e. The minimum atomic E-state index is 0. The quantitative estimate of drug-likeness (QED) is 0.504. The molecule has 1 heterocycles. The van der Waals surface area contributed by atoms with Crippen molar-refractivity contribution in [3.8, 4) is 0 Å². The van der Waals surface area contributed by atoms with Crippen molar-refractivity contribution in [3.05, 3.63) is 24.2 Å². The van der Waals surface area contributed by atoms with Gasteiger partial charge in [-0.1, -0.05) is 0 Å². The first-order valence-corrected chi connectivity index (χ1v) is 2.64. The van der Waals surface area contributed by atoms with Gasteiger partial charge in [0.05, 0.1) is 18.5 Å². The van der Waals surface area contributed by atoms with Crippen LogP contribution in [-0.2, 0) is 6.42 Å². The molecular formula is C6H9ClN2O. The van der Waals surface area contributed by atoms with Gasteiger partial charge in [-0.3, -0.25) is 5.41 Å². The van der Waals surface area contributed by atoms with Gasteiger partial charge in [0.25, 0.3) is 0 Å². The fourth-order valence-corrected chi connectivity index (χ4v) is 0.601. The lowest BCUT2D eigenvalue weighted by Gasteiger charge is -1.89. The second-order valence-electron chi connectivity index (χ2n) is 1.78. The molecule has 0 unspecified atom stereocenters. The Morgan fingerprint density at radius 1 is 1.70 bits per heavy atom. The molecule has 1 aromatic heterocycles. The number of rotatable bonds is 2. The standard InChI is InChI=1S/C6H8N2O.ClH/c7-6(8)4-5-2-1-3-9-5;/h1-3H,4H2,(H3,7,8);1H. The fourth-order valence-electron chi connectivity index (χ4n) is 0.601. The Morgan fingerprint density at radius 2 is 2.40 bits per heavy atom. The van der Waals surface area contributed by atoms with Crippen LogP contribution in [0.15, 0.2) is 22.8 Å². The van der Waals surface area contributed by atoms with Crippen LogP contribution >= 0.6 is 12.4 Å². The van der Waals surface area contributed by atoms with Crippen LogP contribution in [0.4, 0.5) is 0 Å². The Kier molecular flexibility index (Phi) is 3.57. The fraction of sp³-hybridized carbons (Fsp3) is 0.167. The van der Waals surface area contributed by atoms with E-state index in [1.165, 1.54) is 0 Å². The highest BCUT2D eigenvalue weighted by Crippen LogP contribution is 1.99. The predicted molar refractivity (Wildman–Crippen MR) is 41.6 cm³/mol. The van der Waals surface area contributed by atoms with Gasteiger partial charge in [-0.2, -0.15) is 0 Å². The van der Waals surface area contributed by atoms with Crippen LogP contribution < -0.4 is 5.73 Å². The van der Waals surface area contributed by atoms with Gasteiger partial charge >= 0.3 is 0 Å². The summed E-state index contributed by atoms with van der Waals surface area (Å²) in [5.41, 5.74) is 5.11. The average molecular weight is 161 g/mol. The van der Waals surface area contributed by atoms with Crippen molar-refractivity contribution in [1.29, 1.82) is 5.41 Å². The SMILES string of the molecule is Cl.N=C(N)Cc1ccco1. The van der Waals surface area contributed by atoms with Crippen molar-refractivity contribution in [3.63, 3.8) is 0 Å². The molecule has 0 radical (unpaired) electrons. The van der Waals surface area contributed by atoms with E-state index in [-0.39, 0.29) is 18.2 Å². The van der Waals surface area contributed by atoms with Crippen molar-refractivity contribution in [1.82, 2.24) is 0 Å². The summed E-state index contributed by atoms with van der Waals surface area (Å²) in [6.07, 6.45) is 1.98.